The Hall–Kier alpha value is -1.25. The van der Waals surface area contributed by atoms with Crippen LogP contribution in [0.2, 0.25) is 0 Å². The van der Waals surface area contributed by atoms with E-state index in [1.54, 1.807) is 19.1 Å². The van der Waals surface area contributed by atoms with Crippen LogP contribution in [0.4, 0.5) is 14.5 Å². The molecule has 1 aromatic carbocycles. The van der Waals surface area contributed by atoms with E-state index in [1.165, 1.54) is 6.07 Å². The van der Waals surface area contributed by atoms with E-state index >= 15 is 0 Å². The highest BCUT2D eigenvalue weighted by atomic mass is 32.2. The lowest BCUT2D eigenvalue weighted by Gasteiger charge is -2.22. The van der Waals surface area contributed by atoms with Crippen LogP contribution in [0.15, 0.2) is 23.1 Å². The van der Waals surface area contributed by atoms with E-state index in [-0.39, 0.29) is 17.1 Å². The Kier molecular flexibility index (Phi) is 5.85. The van der Waals surface area contributed by atoms with Gasteiger partial charge in [-0.15, -0.1) is 0 Å². The van der Waals surface area contributed by atoms with Crippen molar-refractivity contribution in [3.63, 3.8) is 0 Å². The molecule has 0 amide bonds. The molecule has 0 heterocycles. The number of hydrogen-bond acceptors (Lipinski definition) is 4. The maximum absolute atomic E-state index is 12.5. The van der Waals surface area contributed by atoms with Gasteiger partial charge in [-0.2, -0.15) is 4.31 Å². The Morgan fingerprint density at radius 2 is 2.05 bits per heavy atom. The monoisotopic (exact) mass is 308 g/mol. The number of nitrogens with two attached hydrogens (primary N) is 1. The minimum Gasteiger partial charge on any atom is -0.399 e. The summed E-state index contributed by atoms with van der Waals surface area (Å²) < 4.78 is 50.4. The summed E-state index contributed by atoms with van der Waals surface area (Å²) in [6, 6.07) is 4.37. The first kappa shape index (κ1) is 16.8. The van der Waals surface area contributed by atoms with Gasteiger partial charge >= 0.3 is 0 Å². The molecule has 0 saturated carbocycles. The number of aryl methyl sites for hydroxylation is 1. The molecule has 8 heteroatoms. The van der Waals surface area contributed by atoms with Crippen molar-refractivity contribution in [1.29, 1.82) is 0 Å². The number of benzene rings is 1. The van der Waals surface area contributed by atoms with Crippen molar-refractivity contribution >= 4 is 15.7 Å². The lowest BCUT2D eigenvalue weighted by molar-refractivity contribution is 0.113. The number of rotatable bonds is 7. The fourth-order valence-corrected chi connectivity index (χ4v) is 3.56. The normalized spacial score (nSPS) is 12.3. The first-order chi connectivity index (χ1) is 9.32. The topological polar surface area (TPSA) is 83.6 Å². The van der Waals surface area contributed by atoms with Gasteiger partial charge < -0.3 is 10.8 Å². The van der Waals surface area contributed by atoms with E-state index < -0.39 is 29.6 Å². The molecule has 114 valence electrons. The highest BCUT2D eigenvalue weighted by Gasteiger charge is 2.28. The molecule has 0 atom stereocenters. The molecule has 0 spiro atoms. The molecule has 0 aliphatic heterocycles. The summed E-state index contributed by atoms with van der Waals surface area (Å²) in [5, 5.41) is 8.87. The molecule has 1 aromatic rings. The summed E-state index contributed by atoms with van der Waals surface area (Å²) >= 11 is 0. The van der Waals surface area contributed by atoms with Crippen molar-refractivity contribution in [1.82, 2.24) is 4.31 Å². The largest absolute Gasteiger partial charge is 0.399 e. The van der Waals surface area contributed by atoms with Crippen LogP contribution in [-0.4, -0.2) is 44.0 Å². The van der Waals surface area contributed by atoms with Crippen LogP contribution in [0, 0.1) is 0 Å². The highest BCUT2D eigenvalue weighted by Crippen LogP contribution is 2.24. The lowest BCUT2D eigenvalue weighted by Crippen LogP contribution is -2.37. The van der Waals surface area contributed by atoms with Gasteiger partial charge in [-0.3, -0.25) is 0 Å². The zero-order valence-corrected chi connectivity index (χ0v) is 11.9. The maximum atomic E-state index is 12.5. The van der Waals surface area contributed by atoms with Gasteiger partial charge in [-0.25, -0.2) is 17.2 Å². The lowest BCUT2D eigenvalue weighted by atomic mass is 10.1. The predicted molar refractivity (Wildman–Crippen MR) is 72.1 cm³/mol. The number of sulfonamides is 1. The van der Waals surface area contributed by atoms with Gasteiger partial charge in [-0.1, -0.05) is 13.0 Å². The van der Waals surface area contributed by atoms with Crippen LogP contribution in [-0.2, 0) is 16.4 Å². The molecule has 0 bridgehead atoms. The van der Waals surface area contributed by atoms with Gasteiger partial charge in [0, 0.05) is 12.2 Å². The molecule has 1 rings (SSSR count). The van der Waals surface area contributed by atoms with Gasteiger partial charge in [0.15, 0.2) is 0 Å². The number of anilines is 1. The van der Waals surface area contributed by atoms with Gasteiger partial charge in [-0.05, 0) is 24.1 Å². The van der Waals surface area contributed by atoms with Crippen molar-refractivity contribution in [2.24, 2.45) is 0 Å². The van der Waals surface area contributed by atoms with Gasteiger partial charge in [0.25, 0.3) is 6.43 Å². The smallest absolute Gasteiger partial charge is 0.252 e. The van der Waals surface area contributed by atoms with Gasteiger partial charge in [0.2, 0.25) is 10.0 Å². The van der Waals surface area contributed by atoms with Crippen molar-refractivity contribution < 1.29 is 22.3 Å². The number of nitrogens with zero attached hydrogens (tertiary/aromatic N) is 1. The van der Waals surface area contributed by atoms with Crippen LogP contribution in [0.5, 0.6) is 0 Å². The van der Waals surface area contributed by atoms with Crippen molar-refractivity contribution in [3.8, 4) is 0 Å². The molecule has 0 aliphatic rings. The second kappa shape index (κ2) is 6.96. The number of aliphatic hydroxyl groups is 1. The highest BCUT2D eigenvalue weighted by molar-refractivity contribution is 7.89. The van der Waals surface area contributed by atoms with Crippen molar-refractivity contribution in [2.75, 3.05) is 25.4 Å². The third-order valence-electron chi connectivity index (χ3n) is 2.78. The third-order valence-corrected chi connectivity index (χ3v) is 4.73. The molecule has 0 aliphatic carbocycles. The molecule has 0 saturated heterocycles. The number of halogens is 2. The van der Waals surface area contributed by atoms with Crippen LogP contribution >= 0.6 is 0 Å². The van der Waals surface area contributed by atoms with Crippen molar-refractivity contribution in [3.05, 3.63) is 23.8 Å². The first-order valence-corrected chi connectivity index (χ1v) is 7.54. The zero-order chi connectivity index (χ0) is 15.3. The molecule has 20 heavy (non-hydrogen) atoms. The SMILES string of the molecule is CCc1ccc(N)cc1S(=O)(=O)N(CCO)CC(F)F. The second-order valence-corrected chi connectivity index (χ2v) is 6.10. The average molecular weight is 308 g/mol. The van der Waals surface area contributed by atoms with E-state index in [0.717, 1.165) is 0 Å². The molecular weight excluding hydrogens is 290 g/mol. The minimum atomic E-state index is -4.11. The maximum Gasteiger partial charge on any atom is 0.252 e. The van der Waals surface area contributed by atoms with E-state index in [9.17, 15) is 17.2 Å². The predicted octanol–water partition coefficient (Wildman–Crippen LogP) is 1.08. The van der Waals surface area contributed by atoms with Crippen LogP contribution in [0.25, 0.3) is 0 Å². The van der Waals surface area contributed by atoms with Crippen LogP contribution in [0.3, 0.4) is 0 Å². The zero-order valence-electron chi connectivity index (χ0n) is 11.1. The summed E-state index contributed by atoms with van der Waals surface area (Å²) in [7, 11) is -4.11. The van der Waals surface area contributed by atoms with Crippen LogP contribution < -0.4 is 5.73 Å². The Labute approximate surface area is 117 Å². The molecule has 5 nitrogen and oxygen atoms in total. The van der Waals surface area contributed by atoms with E-state index in [4.69, 9.17) is 10.8 Å². The minimum absolute atomic E-state index is 0.0888. The van der Waals surface area contributed by atoms with Crippen LogP contribution in [0.1, 0.15) is 12.5 Å². The third kappa shape index (κ3) is 3.87. The molecule has 0 aromatic heterocycles. The summed E-state index contributed by atoms with van der Waals surface area (Å²) in [4.78, 5) is -0.0888. The van der Waals surface area contributed by atoms with E-state index in [2.05, 4.69) is 0 Å². The fraction of sp³-hybridized carbons (Fsp3) is 0.500. The first-order valence-electron chi connectivity index (χ1n) is 6.10. The molecule has 0 radical (unpaired) electrons. The molecule has 0 fully saturated rings. The standard InChI is InChI=1S/C12H18F2N2O3S/c1-2-9-3-4-10(15)7-11(9)20(18,19)16(5-6-17)8-12(13)14/h3-4,7,12,17H,2,5-6,8,15H2,1H3. The Bertz CT molecular complexity index is 550. The Morgan fingerprint density at radius 3 is 2.55 bits per heavy atom. The number of hydrogen-bond donors (Lipinski definition) is 2. The van der Waals surface area contributed by atoms with Gasteiger partial charge in [0.1, 0.15) is 0 Å². The van der Waals surface area contributed by atoms with Gasteiger partial charge in [0.05, 0.1) is 18.0 Å². The average Bonchev–Trinajstić information content (AvgIpc) is 2.37. The molecule has 0 unspecified atom stereocenters. The molecular formula is C12H18F2N2O3S. The fourth-order valence-electron chi connectivity index (χ4n) is 1.82. The second-order valence-electron chi connectivity index (χ2n) is 4.20. The quantitative estimate of drug-likeness (QED) is 0.738. The van der Waals surface area contributed by atoms with E-state index in [0.29, 0.717) is 16.3 Å². The summed E-state index contributed by atoms with van der Waals surface area (Å²) in [5.41, 5.74) is 6.31. The Balaban J connectivity index is 3.28. The van der Waals surface area contributed by atoms with Crippen molar-refractivity contribution in [2.45, 2.75) is 24.7 Å². The summed E-state index contributed by atoms with van der Waals surface area (Å²) in [6.45, 7) is -0.116. The number of nitrogen functional groups attached to an aromatic ring is 1. The summed E-state index contributed by atoms with van der Waals surface area (Å²) in [6.07, 6.45) is -2.39. The summed E-state index contributed by atoms with van der Waals surface area (Å²) in [5.74, 6) is 0. The number of aliphatic hydroxyl groups excluding tert-OH is 1. The Morgan fingerprint density at radius 1 is 1.40 bits per heavy atom. The number of alkyl halides is 2. The van der Waals surface area contributed by atoms with E-state index in [1.807, 2.05) is 0 Å². The molecule has 3 N–H and O–H groups in total.